The quantitative estimate of drug-likeness (QED) is 0.812. The number of hydrogen-bond donors (Lipinski definition) is 2. The second-order valence-corrected chi connectivity index (χ2v) is 4.71. The number of benzene rings is 1. The summed E-state index contributed by atoms with van der Waals surface area (Å²) in [6.07, 6.45) is 2.28. The highest BCUT2D eigenvalue weighted by molar-refractivity contribution is 5.84. The average Bonchev–Trinajstić information content (AvgIpc) is 3.01. The van der Waals surface area contributed by atoms with E-state index >= 15 is 0 Å². The number of amides is 2. The SMILES string of the molecule is CCNC(=O)CNC(=O)CCc1ncc(-c2ccccc2)o1. The fraction of sp³-hybridized carbons (Fsp3) is 0.312. The molecule has 2 N–H and O–H groups in total. The summed E-state index contributed by atoms with van der Waals surface area (Å²) in [5.74, 6) is 0.786. The van der Waals surface area contributed by atoms with Crippen molar-refractivity contribution in [2.45, 2.75) is 19.8 Å². The Morgan fingerprint density at radius 2 is 1.91 bits per heavy atom. The van der Waals surface area contributed by atoms with E-state index in [1.54, 1.807) is 6.20 Å². The summed E-state index contributed by atoms with van der Waals surface area (Å²) in [4.78, 5) is 27.0. The van der Waals surface area contributed by atoms with Crippen molar-refractivity contribution >= 4 is 11.8 Å². The summed E-state index contributed by atoms with van der Waals surface area (Å²) in [5, 5.41) is 5.17. The van der Waals surface area contributed by atoms with Crippen LogP contribution in [0.2, 0.25) is 0 Å². The van der Waals surface area contributed by atoms with E-state index in [9.17, 15) is 9.59 Å². The van der Waals surface area contributed by atoms with Crippen LogP contribution in [0.4, 0.5) is 0 Å². The van der Waals surface area contributed by atoms with Crippen molar-refractivity contribution in [3.63, 3.8) is 0 Å². The second-order valence-electron chi connectivity index (χ2n) is 4.71. The van der Waals surface area contributed by atoms with Gasteiger partial charge in [0.25, 0.3) is 0 Å². The minimum atomic E-state index is -0.203. The molecule has 0 saturated carbocycles. The Hall–Kier alpha value is -2.63. The molecule has 0 saturated heterocycles. The van der Waals surface area contributed by atoms with Gasteiger partial charge in [-0.1, -0.05) is 30.3 Å². The lowest BCUT2D eigenvalue weighted by Gasteiger charge is -2.04. The maximum atomic E-state index is 11.6. The van der Waals surface area contributed by atoms with Crippen LogP contribution in [0.3, 0.4) is 0 Å². The zero-order valence-corrected chi connectivity index (χ0v) is 12.5. The van der Waals surface area contributed by atoms with Gasteiger partial charge in [0.05, 0.1) is 12.7 Å². The molecule has 2 aromatic rings. The molecule has 116 valence electrons. The van der Waals surface area contributed by atoms with Gasteiger partial charge in [-0.3, -0.25) is 9.59 Å². The minimum Gasteiger partial charge on any atom is -0.441 e. The first-order valence-electron chi connectivity index (χ1n) is 7.22. The number of aryl methyl sites for hydroxylation is 1. The molecule has 0 atom stereocenters. The van der Waals surface area contributed by atoms with Crippen molar-refractivity contribution in [1.82, 2.24) is 15.6 Å². The van der Waals surface area contributed by atoms with Crippen LogP contribution < -0.4 is 10.6 Å². The fourth-order valence-electron chi connectivity index (χ4n) is 1.91. The molecular formula is C16H19N3O3. The highest BCUT2D eigenvalue weighted by Gasteiger charge is 2.09. The number of likely N-dealkylation sites (N-methyl/N-ethyl adjacent to an activating group) is 1. The number of rotatable bonds is 7. The van der Waals surface area contributed by atoms with Crippen LogP contribution in [-0.2, 0) is 16.0 Å². The standard InChI is InChI=1S/C16H19N3O3/c1-2-17-15(21)11-18-14(20)8-9-16-19-10-13(22-16)12-6-4-3-5-7-12/h3-7,10H,2,8-9,11H2,1H3,(H,17,21)(H,18,20). The zero-order valence-electron chi connectivity index (χ0n) is 12.5. The van der Waals surface area contributed by atoms with Gasteiger partial charge in [0.1, 0.15) is 0 Å². The van der Waals surface area contributed by atoms with E-state index in [1.165, 1.54) is 0 Å². The van der Waals surface area contributed by atoms with Crippen molar-refractivity contribution in [2.24, 2.45) is 0 Å². The number of hydrogen-bond acceptors (Lipinski definition) is 4. The first-order chi connectivity index (χ1) is 10.7. The summed E-state index contributed by atoms with van der Waals surface area (Å²) < 4.78 is 5.61. The molecule has 0 bridgehead atoms. The van der Waals surface area contributed by atoms with Crippen molar-refractivity contribution in [3.05, 3.63) is 42.4 Å². The van der Waals surface area contributed by atoms with Gasteiger partial charge in [0.15, 0.2) is 11.7 Å². The Kier molecular flexibility index (Phi) is 5.71. The monoisotopic (exact) mass is 301 g/mol. The summed E-state index contributed by atoms with van der Waals surface area (Å²) in [6.45, 7) is 2.37. The van der Waals surface area contributed by atoms with E-state index < -0.39 is 0 Å². The first-order valence-corrected chi connectivity index (χ1v) is 7.22. The Labute approximate surface area is 128 Å². The zero-order chi connectivity index (χ0) is 15.8. The van der Waals surface area contributed by atoms with Crippen molar-refractivity contribution in [1.29, 1.82) is 0 Å². The van der Waals surface area contributed by atoms with E-state index in [4.69, 9.17) is 4.42 Å². The van der Waals surface area contributed by atoms with Crippen molar-refractivity contribution in [3.8, 4) is 11.3 Å². The Balaban J connectivity index is 1.79. The third kappa shape index (κ3) is 4.73. The Morgan fingerprint density at radius 1 is 1.14 bits per heavy atom. The molecule has 0 spiro atoms. The number of carbonyl (C=O) groups excluding carboxylic acids is 2. The topological polar surface area (TPSA) is 84.2 Å². The van der Waals surface area contributed by atoms with E-state index in [1.807, 2.05) is 37.3 Å². The Bertz CT molecular complexity index is 623. The summed E-state index contributed by atoms with van der Waals surface area (Å²) >= 11 is 0. The van der Waals surface area contributed by atoms with Crippen molar-refractivity contribution in [2.75, 3.05) is 13.1 Å². The molecule has 0 unspecified atom stereocenters. The maximum Gasteiger partial charge on any atom is 0.239 e. The average molecular weight is 301 g/mol. The van der Waals surface area contributed by atoms with E-state index in [0.717, 1.165) is 5.56 Å². The molecule has 2 rings (SSSR count). The number of nitrogens with zero attached hydrogens (tertiary/aromatic N) is 1. The molecule has 6 nitrogen and oxygen atoms in total. The molecule has 0 fully saturated rings. The molecule has 1 aromatic carbocycles. The first kappa shape index (κ1) is 15.8. The van der Waals surface area contributed by atoms with Gasteiger partial charge in [-0.2, -0.15) is 0 Å². The van der Waals surface area contributed by atoms with Crippen LogP contribution in [0.25, 0.3) is 11.3 Å². The lowest BCUT2D eigenvalue weighted by molar-refractivity contribution is -0.126. The molecule has 6 heteroatoms. The highest BCUT2D eigenvalue weighted by atomic mass is 16.4. The van der Waals surface area contributed by atoms with Crippen LogP contribution in [0, 0.1) is 0 Å². The van der Waals surface area contributed by atoms with Gasteiger partial charge in [-0.05, 0) is 6.92 Å². The van der Waals surface area contributed by atoms with Gasteiger partial charge in [-0.15, -0.1) is 0 Å². The highest BCUT2D eigenvalue weighted by Crippen LogP contribution is 2.20. The summed E-state index contributed by atoms with van der Waals surface area (Å²) in [7, 11) is 0. The molecule has 0 radical (unpaired) electrons. The molecule has 0 aliphatic carbocycles. The summed E-state index contributed by atoms with van der Waals surface area (Å²) in [5.41, 5.74) is 0.946. The van der Waals surface area contributed by atoms with Crippen LogP contribution in [0.5, 0.6) is 0 Å². The van der Waals surface area contributed by atoms with Crippen LogP contribution in [-0.4, -0.2) is 29.9 Å². The van der Waals surface area contributed by atoms with Gasteiger partial charge < -0.3 is 15.1 Å². The van der Waals surface area contributed by atoms with Gasteiger partial charge in [0, 0.05) is 24.9 Å². The Morgan fingerprint density at radius 3 is 2.64 bits per heavy atom. The number of nitrogens with one attached hydrogen (secondary N) is 2. The van der Waals surface area contributed by atoms with Crippen molar-refractivity contribution < 1.29 is 14.0 Å². The number of carbonyl (C=O) groups is 2. The van der Waals surface area contributed by atoms with E-state index in [-0.39, 0.29) is 24.8 Å². The number of oxazole rings is 1. The van der Waals surface area contributed by atoms with Crippen LogP contribution in [0.15, 0.2) is 40.9 Å². The molecule has 1 heterocycles. The fourth-order valence-corrected chi connectivity index (χ4v) is 1.91. The van der Waals surface area contributed by atoms with E-state index in [0.29, 0.717) is 24.6 Å². The molecule has 0 aliphatic rings. The lowest BCUT2D eigenvalue weighted by atomic mass is 10.2. The molecular weight excluding hydrogens is 282 g/mol. The third-order valence-corrected chi connectivity index (χ3v) is 3.00. The summed E-state index contributed by atoms with van der Waals surface area (Å²) in [6, 6.07) is 9.64. The van der Waals surface area contributed by atoms with Crippen LogP contribution >= 0.6 is 0 Å². The molecule has 2 amide bonds. The smallest absolute Gasteiger partial charge is 0.239 e. The second kappa shape index (κ2) is 7.97. The van der Waals surface area contributed by atoms with E-state index in [2.05, 4.69) is 15.6 Å². The van der Waals surface area contributed by atoms with Crippen LogP contribution in [0.1, 0.15) is 19.2 Å². The van der Waals surface area contributed by atoms with Gasteiger partial charge in [0.2, 0.25) is 11.8 Å². The normalized spacial score (nSPS) is 10.2. The lowest BCUT2D eigenvalue weighted by Crippen LogP contribution is -2.36. The third-order valence-electron chi connectivity index (χ3n) is 3.00. The van der Waals surface area contributed by atoms with Gasteiger partial charge >= 0.3 is 0 Å². The minimum absolute atomic E-state index is 0.00643. The van der Waals surface area contributed by atoms with Gasteiger partial charge in [-0.25, -0.2) is 4.98 Å². The predicted octanol–water partition coefficient (Wildman–Crippen LogP) is 1.53. The predicted molar refractivity (Wildman–Crippen MR) is 82.0 cm³/mol. The molecule has 0 aliphatic heterocycles. The number of aromatic nitrogens is 1. The molecule has 22 heavy (non-hydrogen) atoms. The largest absolute Gasteiger partial charge is 0.441 e. The molecule has 1 aromatic heterocycles. The maximum absolute atomic E-state index is 11.6.